The molecule has 1 aromatic rings. The fourth-order valence-electron chi connectivity index (χ4n) is 3.56. The fraction of sp³-hybridized carbons (Fsp3) is 0.632. The predicted octanol–water partition coefficient (Wildman–Crippen LogP) is 4.17. The fourth-order valence-corrected chi connectivity index (χ4v) is 3.56. The lowest BCUT2D eigenvalue weighted by Crippen LogP contribution is -2.41. The summed E-state index contributed by atoms with van der Waals surface area (Å²) >= 11 is 0. The number of benzene rings is 1. The SMILES string of the molecule is O=C(O)N1CCC(Oc2cccc(OCC3CCCCC3)c2)CC1. The molecule has 0 radical (unpaired) electrons. The first-order valence-corrected chi connectivity index (χ1v) is 9.08. The van der Waals surface area contributed by atoms with Gasteiger partial charge in [0, 0.05) is 32.0 Å². The standard InChI is InChI=1S/C19H27NO4/c21-19(22)20-11-9-16(10-12-20)24-18-8-4-7-17(13-18)23-14-15-5-2-1-3-6-15/h4,7-8,13,15-16H,1-3,5-6,9-12,14H2,(H,21,22). The van der Waals surface area contributed by atoms with Gasteiger partial charge in [0.1, 0.15) is 17.6 Å². The highest BCUT2D eigenvalue weighted by Crippen LogP contribution is 2.27. The molecule has 2 fully saturated rings. The summed E-state index contributed by atoms with van der Waals surface area (Å²) < 4.78 is 12.0. The van der Waals surface area contributed by atoms with Gasteiger partial charge in [-0.05, 0) is 30.9 Å². The molecular formula is C19H27NO4. The van der Waals surface area contributed by atoms with Gasteiger partial charge in [0.15, 0.2) is 0 Å². The molecule has 5 heteroatoms. The van der Waals surface area contributed by atoms with Crippen LogP contribution < -0.4 is 9.47 Å². The quantitative estimate of drug-likeness (QED) is 0.879. The number of likely N-dealkylation sites (tertiary alicyclic amines) is 1. The van der Waals surface area contributed by atoms with Crippen LogP contribution >= 0.6 is 0 Å². The van der Waals surface area contributed by atoms with Gasteiger partial charge in [-0.25, -0.2) is 4.79 Å². The van der Waals surface area contributed by atoms with Crippen molar-refractivity contribution in [2.45, 2.75) is 51.0 Å². The minimum atomic E-state index is -0.841. The molecule has 1 aliphatic heterocycles. The van der Waals surface area contributed by atoms with E-state index in [1.165, 1.54) is 37.0 Å². The van der Waals surface area contributed by atoms with Gasteiger partial charge in [0.25, 0.3) is 0 Å². The van der Waals surface area contributed by atoms with Crippen LogP contribution in [0.1, 0.15) is 44.9 Å². The van der Waals surface area contributed by atoms with Crippen LogP contribution in [0.5, 0.6) is 11.5 Å². The van der Waals surface area contributed by atoms with E-state index in [0.29, 0.717) is 19.0 Å². The van der Waals surface area contributed by atoms with Crippen molar-refractivity contribution in [1.82, 2.24) is 4.90 Å². The first-order chi connectivity index (χ1) is 11.7. The van der Waals surface area contributed by atoms with E-state index in [0.717, 1.165) is 30.9 Å². The maximum absolute atomic E-state index is 10.9. The lowest BCUT2D eigenvalue weighted by atomic mass is 9.90. The van der Waals surface area contributed by atoms with Gasteiger partial charge in [-0.15, -0.1) is 0 Å². The largest absolute Gasteiger partial charge is 0.493 e. The molecule has 1 heterocycles. The minimum absolute atomic E-state index is 0.0780. The summed E-state index contributed by atoms with van der Waals surface area (Å²) in [6, 6.07) is 7.82. The van der Waals surface area contributed by atoms with Crippen LogP contribution in [-0.2, 0) is 0 Å². The third-order valence-electron chi connectivity index (χ3n) is 5.03. The highest BCUT2D eigenvalue weighted by atomic mass is 16.5. The molecule has 0 atom stereocenters. The average Bonchev–Trinajstić information content (AvgIpc) is 2.62. The second-order valence-electron chi connectivity index (χ2n) is 6.88. The highest BCUT2D eigenvalue weighted by Gasteiger charge is 2.23. The van der Waals surface area contributed by atoms with E-state index in [1.54, 1.807) is 0 Å². The van der Waals surface area contributed by atoms with E-state index in [9.17, 15) is 4.79 Å². The molecule has 24 heavy (non-hydrogen) atoms. The summed E-state index contributed by atoms with van der Waals surface area (Å²) in [4.78, 5) is 12.4. The number of piperidine rings is 1. The van der Waals surface area contributed by atoms with Crippen molar-refractivity contribution < 1.29 is 19.4 Å². The number of ether oxygens (including phenoxy) is 2. The van der Waals surface area contributed by atoms with E-state index in [4.69, 9.17) is 14.6 Å². The zero-order valence-electron chi connectivity index (χ0n) is 14.2. The third kappa shape index (κ3) is 4.79. The van der Waals surface area contributed by atoms with Crippen molar-refractivity contribution in [3.05, 3.63) is 24.3 Å². The lowest BCUT2D eigenvalue weighted by Gasteiger charge is -2.30. The molecule has 1 saturated heterocycles. The topological polar surface area (TPSA) is 59.0 Å². The van der Waals surface area contributed by atoms with Crippen LogP contribution in [0.3, 0.4) is 0 Å². The van der Waals surface area contributed by atoms with E-state index < -0.39 is 6.09 Å². The van der Waals surface area contributed by atoms with Crippen LogP contribution in [-0.4, -0.2) is 41.9 Å². The van der Waals surface area contributed by atoms with E-state index in [2.05, 4.69) is 0 Å². The number of rotatable bonds is 5. The number of amides is 1. The summed E-state index contributed by atoms with van der Waals surface area (Å²) in [5.41, 5.74) is 0. The predicted molar refractivity (Wildman–Crippen MR) is 91.8 cm³/mol. The van der Waals surface area contributed by atoms with Crippen LogP contribution in [0.15, 0.2) is 24.3 Å². The van der Waals surface area contributed by atoms with Crippen LogP contribution in [0, 0.1) is 5.92 Å². The van der Waals surface area contributed by atoms with Crippen molar-refractivity contribution in [3.8, 4) is 11.5 Å². The summed E-state index contributed by atoms with van der Waals surface area (Å²) in [6.45, 7) is 1.87. The Morgan fingerprint density at radius 3 is 2.50 bits per heavy atom. The normalized spacial score (nSPS) is 19.9. The number of hydrogen-bond donors (Lipinski definition) is 1. The Bertz CT molecular complexity index is 534. The van der Waals surface area contributed by atoms with E-state index in [1.807, 2.05) is 24.3 Å². The maximum Gasteiger partial charge on any atom is 0.407 e. The number of nitrogens with zero attached hydrogens (tertiary/aromatic N) is 1. The summed E-state index contributed by atoms with van der Waals surface area (Å²) in [5, 5.41) is 8.99. The molecule has 0 bridgehead atoms. The molecule has 2 aliphatic rings. The molecule has 5 nitrogen and oxygen atoms in total. The Kier molecular flexibility index (Phi) is 5.83. The van der Waals surface area contributed by atoms with E-state index >= 15 is 0 Å². The number of carboxylic acid groups (broad SMARTS) is 1. The Morgan fingerprint density at radius 2 is 1.79 bits per heavy atom. The Morgan fingerprint density at radius 1 is 1.08 bits per heavy atom. The Balaban J connectivity index is 1.47. The molecule has 132 valence electrons. The van der Waals surface area contributed by atoms with Crippen molar-refractivity contribution in [3.63, 3.8) is 0 Å². The minimum Gasteiger partial charge on any atom is -0.493 e. The van der Waals surface area contributed by atoms with E-state index in [-0.39, 0.29) is 6.10 Å². The average molecular weight is 333 g/mol. The number of carbonyl (C=O) groups is 1. The molecule has 0 unspecified atom stereocenters. The molecule has 1 aromatic carbocycles. The highest BCUT2D eigenvalue weighted by molar-refractivity contribution is 5.65. The lowest BCUT2D eigenvalue weighted by molar-refractivity contribution is 0.0892. The van der Waals surface area contributed by atoms with Crippen molar-refractivity contribution in [2.24, 2.45) is 5.92 Å². The Labute approximate surface area is 143 Å². The van der Waals surface area contributed by atoms with Gasteiger partial charge in [0.2, 0.25) is 0 Å². The summed E-state index contributed by atoms with van der Waals surface area (Å²) in [5.74, 6) is 2.36. The summed E-state index contributed by atoms with van der Waals surface area (Å²) in [6.07, 6.45) is 7.27. The molecule has 3 rings (SSSR count). The van der Waals surface area contributed by atoms with Gasteiger partial charge >= 0.3 is 6.09 Å². The molecule has 0 spiro atoms. The number of hydrogen-bond acceptors (Lipinski definition) is 3. The second kappa shape index (κ2) is 8.27. The molecule has 1 aliphatic carbocycles. The Hall–Kier alpha value is -1.91. The molecule has 0 aromatic heterocycles. The monoisotopic (exact) mass is 333 g/mol. The zero-order valence-corrected chi connectivity index (χ0v) is 14.2. The first-order valence-electron chi connectivity index (χ1n) is 9.08. The van der Waals surface area contributed by atoms with Gasteiger partial charge in [-0.2, -0.15) is 0 Å². The smallest absolute Gasteiger partial charge is 0.407 e. The molecule has 1 amide bonds. The molecule has 1 saturated carbocycles. The van der Waals surface area contributed by atoms with Gasteiger partial charge in [-0.3, -0.25) is 0 Å². The maximum atomic E-state index is 10.9. The van der Waals surface area contributed by atoms with Gasteiger partial charge < -0.3 is 19.5 Å². The first kappa shape index (κ1) is 16.9. The van der Waals surface area contributed by atoms with Crippen LogP contribution in [0.25, 0.3) is 0 Å². The van der Waals surface area contributed by atoms with Crippen molar-refractivity contribution in [1.29, 1.82) is 0 Å². The third-order valence-corrected chi connectivity index (χ3v) is 5.03. The van der Waals surface area contributed by atoms with Gasteiger partial charge in [-0.1, -0.05) is 25.3 Å². The van der Waals surface area contributed by atoms with Crippen LogP contribution in [0.2, 0.25) is 0 Å². The molecular weight excluding hydrogens is 306 g/mol. The van der Waals surface area contributed by atoms with Crippen molar-refractivity contribution >= 4 is 6.09 Å². The second-order valence-corrected chi connectivity index (χ2v) is 6.88. The van der Waals surface area contributed by atoms with Gasteiger partial charge in [0.05, 0.1) is 6.61 Å². The van der Waals surface area contributed by atoms with Crippen LogP contribution in [0.4, 0.5) is 4.79 Å². The summed E-state index contributed by atoms with van der Waals surface area (Å²) in [7, 11) is 0. The van der Waals surface area contributed by atoms with Crippen molar-refractivity contribution in [2.75, 3.05) is 19.7 Å². The zero-order chi connectivity index (χ0) is 16.8. The molecule has 1 N–H and O–H groups in total.